The zero-order chi connectivity index (χ0) is 18.0. The second-order valence-corrected chi connectivity index (χ2v) is 8.87. The van der Waals surface area contributed by atoms with Crippen LogP contribution in [0.1, 0.15) is 43.2 Å². The lowest BCUT2D eigenvalue weighted by Gasteiger charge is -2.39. The van der Waals surface area contributed by atoms with Crippen LogP contribution in [0.2, 0.25) is 0 Å². The van der Waals surface area contributed by atoms with Crippen molar-refractivity contribution in [3.05, 3.63) is 47.5 Å². The van der Waals surface area contributed by atoms with E-state index in [1.54, 1.807) is 0 Å². The van der Waals surface area contributed by atoms with E-state index in [0.29, 0.717) is 6.79 Å². The van der Waals surface area contributed by atoms with Gasteiger partial charge in [0.2, 0.25) is 6.79 Å². The molecule has 0 amide bonds. The van der Waals surface area contributed by atoms with Crippen LogP contribution in [0, 0.1) is 17.8 Å². The standard InChI is InChI=1S/C23H23NO3/c25-24-12-14-1-3-16(4-2-14)17-7-20(22-21(8-17)26-13-27-22)23-9-15-5-18(10-23)19(6-15)11-23/h1-4,7-8,12,15,18-19,25H,5-6,9-11,13H2/b24-12+. The van der Waals surface area contributed by atoms with E-state index < -0.39 is 0 Å². The van der Waals surface area contributed by atoms with Crippen LogP contribution in [-0.4, -0.2) is 18.2 Å². The van der Waals surface area contributed by atoms with Gasteiger partial charge < -0.3 is 14.7 Å². The first kappa shape index (κ1) is 15.6. The lowest BCUT2D eigenvalue weighted by Crippen LogP contribution is -2.31. The molecule has 2 unspecified atom stereocenters. The van der Waals surface area contributed by atoms with Crippen LogP contribution >= 0.6 is 0 Å². The average molecular weight is 361 g/mol. The summed E-state index contributed by atoms with van der Waals surface area (Å²) >= 11 is 0. The highest BCUT2D eigenvalue weighted by atomic mass is 16.7. The van der Waals surface area contributed by atoms with E-state index in [1.807, 2.05) is 12.1 Å². The molecule has 2 atom stereocenters. The number of hydrogen-bond donors (Lipinski definition) is 1. The Kier molecular flexibility index (Phi) is 3.17. The Morgan fingerprint density at radius 2 is 1.74 bits per heavy atom. The van der Waals surface area contributed by atoms with Crippen LogP contribution in [0.15, 0.2) is 41.6 Å². The van der Waals surface area contributed by atoms with Crippen LogP contribution in [0.3, 0.4) is 0 Å². The van der Waals surface area contributed by atoms with Crippen LogP contribution in [0.5, 0.6) is 11.5 Å². The molecule has 138 valence electrons. The minimum atomic E-state index is 0.285. The lowest BCUT2D eigenvalue weighted by molar-refractivity contribution is 0.168. The third kappa shape index (κ3) is 2.25. The molecule has 1 aliphatic heterocycles. The molecule has 0 saturated heterocycles. The van der Waals surface area contributed by atoms with Crippen LogP contribution in [0.25, 0.3) is 11.1 Å². The first-order chi connectivity index (χ1) is 13.2. The smallest absolute Gasteiger partial charge is 0.231 e. The molecule has 4 bridgehead atoms. The Morgan fingerprint density at radius 3 is 2.44 bits per heavy atom. The van der Waals surface area contributed by atoms with Crippen LogP contribution in [0.4, 0.5) is 0 Å². The SMILES string of the molecule is O/N=C/c1ccc(-c2cc3c(c(C45CC6CC(C4)C(C6)C5)c2)OCO3)cc1. The fourth-order valence-electron chi connectivity index (χ4n) is 6.54. The molecule has 7 rings (SSSR count). The molecule has 2 aromatic carbocycles. The van der Waals surface area contributed by atoms with E-state index in [4.69, 9.17) is 14.7 Å². The van der Waals surface area contributed by atoms with Crippen molar-refractivity contribution in [2.75, 3.05) is 6.79 Å². The molecule has 1 heterocycles. The van der Waals surface area contributed by atoms with Gasteiger partial charge in [-0.3, -0.25) is 0 Å². The van der Waals surface area contributed by atoms with Crippen molar-refractivity contribution in [3.8, 4) is 22.6 Å². The number of benzene rings is 2. The van der Waals surface area contributed by atoms with Crippen LogP contribution < -0.4 is 9.47 Å². The van der Waals surface area contributed by atoms with Crippen molar-refractivity contribution in [1.29, 1.82) is 0 Å². The number of nitrogens with zero attached hydrogens (tertiary/aromatic N) is 1. The van der Waals surface area contributed by atoms with Gasteiger partial charge in [-0.25, -0.2) is 0 Å². The minimum absolute atomic E-state index is 0.285. The fraction of sp³-hybridized carbons (Fsp3) is 0.435. The monoisotopic (exact) mass is 361 g/mol. The number of ether oxygens (including phenoxy) is 2. The molecule has 5 aliphatic rings. The molecule has 4 aliphatic carbocycles. The van der Waals surface area contributed by atoms with Gasteiger partial charge in [-0.15, -0.1) is 0 Å². The van der Waals surface area contributed by atoms with E-state index in [1.165, 1.54) is 49.4 Å². The van der Waals surface area contributed by atoms with Crippen molar-refractivity contribution in [3.63, 3.8) is 0 Å². The third-order valence-corrected chi connectivity index (χ3v) is 7.42. The van der Waals surface area contributed by atoms with Gasteiger partial charge in [0.15, 0.2) is 11.5 Å². The zero-order valence-electron chi connectivity index (χ0n) is 15.2. The number of hydrogen-bond acceptors (Lipinski definition) is 4. The summed E-state index contributed by atoms with van der Waals surface area (Å²) in [6.07, 6.45) is 8.28. The summed E-state index contributed by atoms with van der Waals surface area (Å²) in [5.74, 6) is 4.62. The Labute approximate surface area is 158 Å². The summed E-state index contributed by atoms with van der Waals surface area (Å²) in [7, 11) is 0. The predicted octanol–water partition coefficient (Wildman–Crippen LogP) is 4.97. The Hall–Kier alpha value is -2.49. The molecule has 2 aromatic rings. The van der Waals surface area contributed by atoms with Gasteiger partial charge in [-0.1, -0.05) is 29.4 Å². The van der Waals surface area contributed by atoms with Gasteiger partial charge in [-0.05, 0) is 84.1 Å². The summed E-state index contributed by atoms with van der Waals surface area (Å²) in [5, 5.41) is 11.8. The summed E-state index contributed by atoms with van der Waals surface area (Å²) in [5.41, 5.74) is 4.88. The topological polar surface area (TPSA) is 51.1 Å². The number of fused-ring (bicyclic) bond motifs is 1. The summed E-state index contributed by atoms with van der Waals surface area (Å²) in [6, 6.07) is 12.6. The van der Waals surface area contributed by atoms with Crippen molar-refractivity contribution < 1.29 is 14.7 Å². The van der Waals surface area contributed by atoms with E-state index in [9.17, 15) is 0 Å². The summed E-state index contributed by atoms with van der Waals surface area (Å²) in [6.45, 7) is 0.323. The largest absolute Gasteiger partial charge is 0.454 e. The molecular weight excluding hydrogens is 338 g/mol. The molecular formula is C23H23NO3. The molecule has 4 saturated carbocycles. The maximum atomic E-state index is 8.72. The molecule has 0 aromatic heterocycles. The van der Waals surface area contributed by atoms with Crippen molar-refractivity contribution >= 4 is 6.21 Å². The highest BCUT2D eigenvalue weighted by molar-refractivity contribution is 5.81. The zero-order valence-corrected chi connectivity index (χ0v) is 15.2. The molecule has 4 fully saturated rings. The summed E-state index contributed by atoms with van der Waals surface area (Å²) < 4.78 is 11.8. The number of rotatable bonds is 3. The maximum Gasteiger partial charge on any atom is 0.231 e. The van der Waals surface area contributed by atoms with Gasteiger partial charge in [0.25, 0.3) is 0 Å². The van der Waals surface area contributed by atoms with Crippen molar-refractivity contribution in [2.45, 2.75) is 37.5 Å². The highest BCUT2D eigenvalue weighted by Gasteiger charge is 2.57. The second-order valence-electron chi connectivity index (χ2n) is 8.87. The molecule has 0 radical (unpaired) electrons. The lowest BCUT2D eigenvalue weighted by atomic mass is 9.65. The average Bonchev–Trinajstić information content (AvgIpc) is 3.33. The van der Waals surface area contributed by atoms with Gasteiger partial charge in [-0.2, -0.15) is 0 Å². The Bertz CT molecular complexity index is 914. The predicted molar refractivity (Wildman–Crippen MR) is 103 cm³/mol. The molecule has 4 nitrogen and oxygen atoms in total. The maximum absolute atomic E-state index is 8.72. The van der Waals surface area contributed by atoms with E-state index in [0.717, 1.165) is 40.4 Å². The minimum Gasteiger partial charge on any atom is -0.454 e. The highest BCUT2D eigenvalue weighted by Crippen LogP contribution is 2.66. The van der Waals surface area contributed by atoms with Gasteiger partial charge in [0, 0.05) is 5.56 Å². The Balaban J connectivity index is 1.46. The number of oxime groups is 1. The second kappa shape index (κ2) is 5.51. The van der Waals surface area contributed by atoms with Crippen molar-refractivity contribution in [1.82, 2.24) is 0 Å². The van der Waals surface area contributed by atoms with E-state index in [-0.39, 0.29) is 5.41 Å². The first-order valence-electron chi connectivity index (χ1n) is 9.96. The molecule has 4 heteroatoms. The van der Waals surface area contributed by atoms with Gasteiger partial charge in [0.05, 0.1) is 6.21 Å². The molecule has 0 spiro atoms. The Morgan fingerprint density at radius 1 is 0.963 bits per heavy atom. The van der Waals surface area contributed by atoms with Crippen LogP contribution in [-0.2, 0) is 5.41 Å². The van der Waals surface area contributed by atoms with E-state index in [2.05, 4.69) is 29.4 Å². The van der Waals surface area contributed by atoms with Gasteiger partial charge >= 0.3 is 0 Å². The van der Waals surface area contributed by atoms with Gasteiger partial charge in [0.1, 0.15) is 0 Å². The van der Waals surface area contributed by atoms with Crippen molar-refractivity contribution in [2.24, 2.45) is 22.9 Å². The fourth-order valence-corrected chi connectivity index (χ4v) is 6.54. The first-order valence-corrected chi connectivity index (χ1v) is 9.96. The molecule has 27 heavy (non-hydrogen) atoms. The normalized spacial score (nSPS) is 32.7. The molecule has 1 N–H and O–H groups in total. The summed E-state index contributed by atoms with van der Waals surface area (Å²) in [4.78, 5) is 0. The third-order valence-electron chi connectivity index (χ3n) is 7.42. The quantitative estimate of drug-likeness (QED) is 0.477. The van der Waals surface area contributed by atoms with E-state index >= 15 is 0 Å².